The van der Waals surface area contributed by atoms with E-state index in [1.165, 1.54) is 0 Å². The summed E-state index contributed by atoms with van der Waals surface area (Å²) in [6.45, 7) is 0. The summed E-state index contributed by atoms with van der Waals surface area (Å²) < 4.78 is 0.0743. The first-order chi connectivity index (χ1) is 4.29. The zero-order valence-electron chi connectivity index (χ0n) is 4.09. The second-order valence-electron chi connectivity index (χ2n) is 1.06. The van der Waals surface area contributed by atoms with E-state index in [1.807, 2.05) is 0 Å². The van der Waals surface area contributed by atoms with Gasteiger partial charge in [0, 0.05) is 0 Å². The van der Waals surface area contributed by atoms with Crippen LogP contribution in [-0.2, 0) is 0 Å². The molecule has 0 atom stereocenters. The second kappa shape index (κ2) is 2.54. The van der Waals surface area contributed by atoms with Gasteiger partial charge in [0.1, 0.15) is 0 Å². The molecule has 1 rings (SSSR count). The van der Waals surface area contributed by atoms with Crippen LogP contribution in [0.15, 0.2) is 0 Å². The summed E-state index contributed by atoms with van der Waals surface area (Å²) in [5, 5.41) is 20.4. The van der Waals surface area contributed by atoms with Crippen molar-refractivity contribution in [3.05, 3.63) is 4.91 Å². The minimum absolute atomic E-state index is 0.179. The van der Waals surface area contributed by atoms with Crippen molar-refractivity contribution in [2.45, 2.75) is 0 Å². The average Bonchev–Trinajstić information content (AvgIpc) is 2.15. The fraction of sp³-hybridized carbons (Fsp3) is 0. The van der Waals surface area contributed by atoms with E-state index in [2.05, 4.69) is 20.6 Å². The molecule has 0 aliphatic heterocycles. The molecular formula is CH2AsN5O2+. The summed E-state index contributed by atoms with van der Waals surface area (Å²) in [6.07, 6.45) is 0. The molecule has 0 unspecified atom stereocenters. The molecule has 0 saturated carbocycles. The monoisotopic (exact) mass is 191 g/mol. The molecule has 0 amide bonds. The van der Waals surface area contributed by atoms with E-state index in [0.717, 1.165) is 0 Å². The van der Waals surface area contributed by atoms with Gasteiger partial charge in [-0.1, -0.05) is 0 Å². The van der Waals surface area contributed by atoms with Gasteiger partial charge in [-0.15, -0.1) is 0 Å². The van der Waals surface area contributed by atoms with E-state index in [4.69, 9.17) is 5.21 Å². The van der Waals surface area contributed by atoms with Crippen LogP contribution in [0.5, 0.6) is 0 Å². The molecule has 0 aliphatic rings. The van der Waals surface area contributed by atoms with Gasteiger partial charge in [0.2, 0.25) is 0 Å². The third kappa shape index (κ3) is 1.77. The van der Waals surface area contributed by atoms with Gasteiger partial charge in [0.25, 0.3) is 0 Å². The molecule has 1 radical (unpaired) electrons. The van der Waals surface area contributed by atoms with Crippen molar-refractivity contribution in [3.63, 3.8) is 0 Å². The number of aromatic amines is 1. The van der Waals surface area contributed by atoms with Gasteiger partial charge in [-0.25, -0.2) is 0 Å². The second-order valence-corrected chi connectivity index (χ2v) is 3.04. The van der Waals surface area contributed by atoms with Gasteiger partial charge in [-0.3, -0.25) is 0 Å². The molecular weight excluding hydrogens is 189 g/mol. The molecule has 0 bridgehead atoms. The van der Waals surface area contributed by atoms with Crippen LogP contribution in [0, 0.1) is 4.91 Å². The van der Waals surface area contributed by atoms with Crippen molar-refractivity contribution in [2.75, 3.05) is 0 Å². The Bertz CT molecular complexity index is 195. The molecule has 1 aromatic heterocycles. The van der Waals surface area contributed by atoms with Crippen LogP contribution in [0.4, 0.5) is 0 Å². The van der Waals surface area contributed by atoms with E-state index in [1.54, 1.807) is 0 Å². The zero-order chi connectivity index (χ0) is 6.69. The van der Waals surface area contributed by atoms with Crippen LogP contribution >= 0.6 is 0 Å². The Kier molecular flexibility index (Phi) is 1.74. The number of hydrogen-bond acceptors (Lipinski definition) is 4. The Morgan fingerprint density at radius 2 is 2.56 bits per heavy atom. The van der Waals surface area contributed by atoms with E-state index in [9.17, 15) is 4.91 Å². The standard InChI is InChI=1S/CH2AsN5O2/c8-7(9)2-1-3-5-6-4-1/h(H,8,9)(H,3,4,5,6)/q+1. The topological polar surface area (TPSA) is 94.8 Å². The number of tetrazole rings is 1. The fourth-order valence-corrected chi connectivity index (χ4v) is 0.962. The normalized spacial score (nSPS) is 10.7. The third-order valence-electron chi connectivity index (χ3n) is 0.509. The summed E-state index contributed by atoms with van der Waals surface area (Å²) in [7, 11) is 0. The Hall–Kier alpha value is -0.972. The summed E-state index contributed by atoms with van der Waals surface area (Å²) >= 11 is -1.04. The summed E-state index contributed by atoms with van der Waals surface area (Å²) in [5.41, 5.74) is 0. The number of hydrogen-bond donors (Lipinski definition) is 2. The molecule has 2 N–H and O–H groups in total. The van der Waals surface area contributed by atoms with Crippen molar-refractivity contribution < 1.29 is 9.05 Å². The van der Waals surface area contributed by atoms with Crippen molar-refractivity contribution in [3.8, 4) is 0 Å². The maximum atomic E-state index is 9.90. The molecule has 0 aromatic carbocycles. The molecule has 0 spiro atoms. The van der Waals surface area contributed by atoms with Crippen LogP contribution in [0.1, 0.15) is 0 Å². The van der Waals surface area contributed by atoms with Crippen LogP contribution < -0.4 is 4.61 Å². The predicted octanol–water partition coefficient (Wildman–Crippen LogP) is -2.39. The van der Waals surface area contributed by atoms with Crippen molar-refractivity contribution in [1.82, 2.24) is 20.6 Å². The van der Waals surface area contributed by atoms with Gasteiger partial charge in [0.05, 0.1) is 0 Å². The molecule has 0 saturated heterocycles. The average molecular weight is 191 g/mol. The van der Waals surface area contributed by atoms with Gasteiger partial charge in [-0.05, 0) is 0 Å². The Labute approximate surface area is 55.9 Å². The molecule has 47 valence electrons. The first kappa shape index (κ1) is 6.15. The number of nitrogens with one attached hydrogen (secondary N) is 1. The Morgan fingerprint density at radius 3 is 3.00 bits per heavy atom. The number of nitrogens with zero attached hydrogens (tertiary/aromatic N) is 4. The van der Waals surface area contributed by atoms with Gasteiger partial charge >= 0.3 is 55.2 Å². The molecule has 1 heterocycles. The summed E-state index contributed by atoms with van der Waals surface area (Å²) in [4.78, 5) is 9.90. The summed E-state index contributed by atoms with van der Waals surface area (Å²) in [5.74, 6) is 0. The molecule has 1 aromatic rings. The summed E-state index contributed by atoms with van der Waals surface area (Å²) in [6, 6.07) is 0. The Balaban J connectivity index is 2.58. The molecule has 8 heteroatoms. The quantitative estimate of drug-likeness (QED) is 0.401. The predicted molar refractivity (Wildman–Crippen MR) is 25.0 cm³/mol. The van der Waals surface area contributed by atoms with Crippen LogP contribution in [-0.4, -0.2) is 45.6 Å². The molecule has 0 fully saturated rings. The fourth-order valence-electron chi connectivity index (χ4n) is 0.275. The Morgan fingerprint density at radius 1 is 1.78 bits per heavy atom. The number of aromatic nitrogens is 4. The van der Waals surface area contributed by atoms with Gasteiger partial charge < -0.3 is 0 Å². The van der Waals surface area contributed by atoms with Crippen LogP contribution in [0.3, 0.4) is 0 Å². The molecule has 7 nitrogen and oxygen atoms in total. The number of rotatable bonds is 2. The van der Waals surface area contributed by atoms with Crippen molar-refractivity contribution >= 4 is 20.6 Å². The molecule has 9 heavy (non-hydrogen) atoms. The first-order valence-electron chi connectivity index (χ1n) is 1.90. The van der Waals surface area contributed by atoms with Gasteiger partial charge in [-0.2, -0.15) is 0 Å². The minimum atomic E-state index is -1.04. The number of H-pyrrole nitrogens is 1. The SMILES string of the molecule is O=[N+](O)[As]c1nn[nH]n1. The van der Waals surface area contributed by atoms with E-state index in [-0.39, 0.29) is 8.45 Å². The van der Waals surface area contributed by atoms with E-state index < -0.39 is 16.0 Å². The van der Waals surface area contributed by atoms with Gasteiger partial charge in [0.15, 0.2) is 0 Å². The van der Waals surface area contributed by atoms with Crippen LogP contribution in [0.25, 0.3) is 0 Å². The van der Waals surface area contributed by atoms with E-state index >= 15 is 0 Å². The van der Waals surface area contributed by atoms with Crippen LogP contribution in [0.2, 0.25) is 0 Å². The third-order valence-corrected chi connectivity index (χ3v) is 1.64. The first-order valence-corrected chi connectivity index (χ1v) is 3.68. The maximum absolute atomic E-state index is 9.90. The van der Waals surface area contributed by atoms with E-state index in [0.29, 0.717) is 0 Å². The zero-order valence-corrected chi connectivity index (χ0v) is 5.97. The van der Waals surface area contributed by atoms with Crippen molar-refractivity contribution in [2.24, 2.45) is 0 Å². The van der Waals surface area contributed by atoms with Crippen molar-refractivity contribution in [1.29, 1.82) is 0 Å². The molecule has 0 aliphatic carbocycles.